The van der Waals surface area contributed by atoms with Crippen molar-refractivity contribution in [3.63, 3.8) is 0 Å². The van der Waals surface area contributed by atoms with Gasteiger partial charge in [0.1, 0.15) is 5.75 Å². The molecule has 1 atom stereocenters. The summed E-state index contributed by atoms with van der Waals surface area (Å²) in [5, 5.41) is 9.97. The molecule has 1 aliphatic rings. The SMILES string of the molecule is CCCCCCOc1ccc2c(c1)[C@H](O)CCC2. The summed E-state index contributed by atoms with van der Waals surface area (Å²) in [6.07, 6.45) is 7.66. The van der Waals surface area contributed by atoms with E-state index in [-0.39, 0.29) is 6.10 Å². The van der Waals surface area contributed by atoms with E-state index in [0.29, 0.717) is 0 Å². The highest BCUT2D eigenvalue weighted by molar-refractivity contribution is 5.38. The van der Waals surface area contributed by atoms with Gasteiger partial charge >= 0.3 is 0 Å². The molecule has 18 heavy (non-hydrogen) atoms. The molecule has 0 aromatic heterocycles. The van der Waals surface area contributed by atoms with Crippen LogP contribution in [0.3, 0.4) is 0 Å². The summed E-state index contributed by atoms with van der Waals surface area (Å²) < 4.78 is 5.76. The summed E-state index contributed by atoms with van der Waals surface area (Å²) >= 11 is 0. The summed E-state index contributed by atoms with van der Waals surface area (Å²) in [5.74, 6) is 0.909. The Morgan fingerprint density at radius 1 is 1.28 bits per heavy atom. The number of unbranched alkanes of at least 4 members (excludes halogenated alkanes) is 3. The highest BCUT2D eigenvalue weighted by Gasteiger charge is 2.18. The van der Waals surface area contributed by atoms with Gasteiger partial charge in [0.15, 0.2) is 0 Å². The van der Waals surface area contributed by atoms with Gasteiger partial charge in [-0.1, -0.05) is 32.3 Å². The molecule has 0 amide bonds. The van der Waals surface area contributed by atoms with Crippen LogP contribution in [0.5, 0.6) is 5.75 Å². The van der Waals surface area contributed by atoms with Crippen molar-refractivity contribution in [1.82, 2.24) is 0 Å². The first-order valence-electron chi connectivity index (χ1n) is 7.25. The number of aryl methyl sites for hydroxylation is 1. The van der Waals surface area contributed by atoms with Crippen molar-refractivity contribution >= 4 is 0 Å². The maximum atomic E-state index is 9.97. The molecule has 2 heteroatoms. The van der Waals surface area contributed by atoms with Crippen LogP contribution in [0, 0.1) is 0 Å². The molecule has 0 saturated carbocycles. The summed E-state index contributed by atoms with van der Waals surface area (Å²) in [6, 6.07) is 6.18. The smallest absolute Gasteiger partial charge is 0.119 e. The maximum Gasteiger partial charge on any atom is 0.119 e. The molecule has 0 bridgehead atoms. The Labute approximate surface area is 110 Å². The Hall–Kier alpha value is -1.02. The van der Waals surface area contributed by atoms with Crippen molar-refractivity contribution in [2.45, 2.75) is 58.0 Å². The summed E-state index contributed by atoms with van der Waals surface area (Å²) in [7, 11) is 0. The number of aliphatic hydroxyl groups is 1. The number of ether oxygens (including phenoxy) is 1. The predicted molar refractivity (Wildman–Crippen MR) is 74.0 cm³/mol. The van der Waals surface area contributed by atoms with E-state index < -0.39 is 0 Å². The molecular formula is C16H24O2. The second-order valence-corrected chi connectivity index (χ2v) is 5.18. The van der Waals surface area contributed by atoms with Gasteiger partial charge in [-0.05, 0) is 48.9 Å². The van der Waals surface area contributed by atoms with Gasteiger partial charge in [-0.25, -0.2) is 0 Å². The third-order valence-electron chi connectivity index (χ3n) is 3.67. The lowest BCUT2D eigenvalue weighted by molar-refractivity contribution is 0.156. The van der Waals surface area contributed by atoms with Crippen LogP contribution < -0.4 is 4.74 Å². The van der Waals surface area contributed by atoms with Gasteiger partial charge < -0.3 is 9.84 Å². The van der Waals surface area contributed by atoms with Crippen LogP contribution in [0.15, 0.2) is 18.2 Å². The number of fused-ring (bicyclic) bond motifs is 1. The maximum absolute atomic E-state index is 9.97. The predicted octanol–water partition coefficient (Wildman–Crippen LogP) is 4.02. The molecule has 0 heterocycles. The Morgan fingerprint density at radius 2 is 2.17 bits per heavy atom. The number of hydrogen-bond acceptors (Lipinski definition) is 2. The van der Waals surface area contributed by atoms with Crippen molar-refractivity contribution in [3.05, 3.63) is 29.3 Å². The lowest BCUT2D eigenvalue weighted by Gasteiger charge is -2.22. The number of rotatable bonds is 6. The lowest BCUT2D eigenvalue weighted by Crippen LogP contribution is -2.09. The third-order valence-corrected chi connectivity index (χ3v) is 3.67. The monoisotopic (exact) mass is 248 g/mol. The Balaban J connectivity index is 1.88. The molecule has 1 aromatic carbocycles. The average Bonchev–Trinajstić information content (AvgIpc) is 2.39. The fraction of sp³-hybridized carbons (Fsp3) is 0.625. The molecule has 2 nitrogen and oxygen atoms in total. The molecule has 0 fully saturated rings. The molecule has 100 valence electrons. The van der Waals surface area contributed by atoms with Crippen molar-refractivity contribution in [2.75, 3.05) is 6.61 Å². The minimum Gasteiger partial charge on any atom is -0.494 e. The number of benzene rings is 1. The second kappa shape index (κ2) is 6.79. The standard InChI is InChI=1S/C16H24O2/c1-2-3-4-5-11-18-14-10-9-13-7-6-8-16(17)15(13)12-14/h9-10,12,16-17H,2-8,11H2,1H3/t16-/m1/s1. The van der Waals surface area contributed by atoms with Crippen molar-refractivity contribution < 1.29 is 9.84 Å². The van der Waals surface area contributed by atoms with Gasteiger partial charge in [0, 0.05) is 0 Å². The van der Waals surface area contributed by atoms with Gasteiger partial charge in [-0.3, -0.25) is 0 Å². The van der Waals surface area contributed by atoms with E-state index in [0.717, 1.165) is 43.6 Å². The fourth-order valence-corrected chi connectivity index (χ4v) is 2.56. The summed E-state index contributed by atoms with van der Waals surface area (Å²) in [4.78, 5) is 0. The van der Waals surface area contributed by atoms with Crippen LogP contribution in [-0.4, -0.2) is 11.7 Å². The largest absolute Gasteiger partial charge is 0.494 e. The third kappa shape index (κ3) is 3.49. The number of aliphatic hydroxyl groups excluding tert-OH is 1. The molecule has 0 spiro atoms. The van der Waals surface area contributed by atoms with E-state index in [1.54, 1.807) is 0 Å². The fourth-order valence-electron chi connectivity index (χ4n) is 2.56. The quantitative estimate of drug-likeness (QED) is 0.771. The topological polar surface area (TPSA) is 29.5 Å². The van der Waals surface area contributed by atoms with Crippen molar-refractivity contribution in [2.24, 2.45) is 0 Å². The minimum absolute atomic E-state index is 0.294. The first kappa shape index (κ1) is 13.4. The van der Waals surface area contributed by atoms with Gasteiger partial charge in [0.05, 0.1) is 12.7 Å². The van der Waals surface area contributed by atoms with Gasteiger partial charge in [0.2, 0.25) is 0 Å². The van der Waals surface area contributed by atoms with Crippen molar-refractivity contribution in [1.29, 1.82) is 0 Å². The van der Waals surface area contributed by atoms with E-state index in [2.05, 4.69) is 13.0 Å². The van der Waals surface area contributed by atoms with Crippen LogP contribution >= 0.6 is 0 Å². The van der Waals surface area contributed by atoms with Gasteiger partial charge in [-0.15, -0.1) is 0 Å². The molecule has 0 unspecified atom stereocenters. The van der Waals surface area contributed by atoms with E-state index in [4.69, 9.17) is 4.74 Å². The van der Waals surface area contributed by atoms with Crippen LogP contribution in [0.25, 0.3) is 0 Å². The van der Waals surface area contributed by atoms with Crippen molar-refractivity contribution in [3.8, 4) is 5.75 Å². The molecular weight excluding hydrogens is 224 g/mol. The molecule has 0 aliphatic heterocycles. The number of hydrogen-bond donors (Lipinski definition) is 1. The molecule has 2 rings (SSSR count). The second-order valence-electron chi connectivity index (χ2n) is 5.18. The zero-order valence-corrected chi connectivity index (χ0v) is 11.3. The molecule has 1 aromatic rings. The van der Waals surface area contributed by atoms with E-state index in [1.165, 1.54) is 24.8 Å². The molecule has 1 aliphatic carbocycles. The average molecular weight is 248 g/mol. The van der Waals surface area contributed by atoms with Crippen LogP contribution in [0.1, 0.15) is 62.7 Å². The Bertz CT molecular complexity index is 373. The van der Waals surface area contributed by atoms with Crippen LogP contribution in [-0.2, 0) is 6.42 Å². The first-order chi connectivity index (χ1) is 8.81. The molecule has 0 saturated heterocycles. The molecule has 1 N–H and O–H groups in total. The summed E-state index contributed by atoms with van der Waals surface area (Å²) in [5.41, 5.74) is 2.36. The van der Waals surface area contributed by atoms with Gasteiger partial charge in [-0.2, -0.15) is 0 Å². The van der Waals surface area contributed by atoms with Crippen LogP contribution in [0.4, 0.5) is 0 Å². The van der Waals surface area contributed by atoms with Crippen LogP contribution in [0.2, 0.25) is 0 Å². The summed E-state index contributed by atoms with van der Waals surface area (Å²) in [6.45, 7) is 3.00. The Morgan fingerprint density at radius 3 is 3.00 bits per heavy atom. The highest BCUT2D eigenvalue weighted by atomic mass is 16.5. The lowest BCUT2D eigenvalue weighted by atomic mass is 9.89. The minimum atomic E-state index is -0.294. The first-order valence-corrected chi connectivity index (χ1v) is 7.25. The zero-order valence-electron chi connectivity index (χ0n) is 11.3. The van der Waals surface area contributed by atoms with E-state index >= 15 is 0 Å². The van der Waals surface area contributed by atoms with Gasteiger partial charge in [0.25, 0.3) is 0 Å². The van der Waals surface area contributed by atoms with E-state index in [1.807, 2.05) is 12.1 Å². The van der Waals surface area contributed by atoms with E-state index in [9.17, 15) is 5.11 Å². The highest BCUT2D eigenvalue weighted by Crippen LogP contribution is 2.32. The molecule has 0 radical (unpaired) electrons. The Kier molecular flexibility index (Phi) is 5.06. The zero-order chi connectivity index (χ0) is 12.8. The normalized spacial score (nSPS) is 18.4.